The molecule has 0 spiro atoms. The van der Waals surface area contributed by atoms with Crippen molar-refractivity contribution >= 4 is 35.4 Å². The highest BCUT2D eigenvalue weighted by molar-refractivity contribution is 6.07. The highest BCUT2D eigenvalue weighted by Crippen LogP contribution is 2.37. The number of nitrogens with zero attached hydrogens (tertiary/aromatic N) is 3. The fraction of sp³-hybridized carbons (Fsp3) is 0.423. The zero-order valence-corrected chi connectivity index (χ0v) is 21.3. The fourth-order valence-electron chi connectivity index (χ4n) is 5.01. The van der Waals surface area contributed by atoms with E-state index in [0.717, 1.165) is 29.4 Å². The summed E-state index contributed by atoms with van der Waals surface area (Å²) in [4.78, 5) is 89.5. The maximum Gasteiger partial charge on any atom is 0.333 e. The standard InChI is InChI=1S/C26H28N4O9/c1-38-19(32)12-30-25(36)21(22(27)28(26(30)37)11-15-7-3-2-4-8-15)18(31)14-39-20(33)13-29-23(34)16-9-5-6-10-17(16)24(29)35/h2-4,7-8,16-17H,5-6,9-14,27H2,1H3/t16-,17-/m0/s1. The predicted octanol–water partition coefficient (Wildman–Crippen LogP) is -0.285. The van der Waals surface area contributed by atoms with E-state index < -0.39 is 83.7 Å². The van der Waals surface area contributed by atoms with Gasteiger partial charge in [-0.15, -0.1) is 0 Å². The third kappa shape index (κ3) is 5.52. The molecule has 2 amide bonds. The molecule has 2 aromatic rings. The van der Waals surface area contributed by atoms with Gasteiger partial charge in [-0.1, -0.05) is 43.2 Å². The minimum absolute atomic E-state index is 0.117. The van der Waals surface area contributed by atoms with Crippen LogP contribution in [-0.2, 0) is 41.7 Å². The first kappa shape index (κ1) is 27.5. The van der Waals surface area contributed by atoms with Gasteiger partial charge in [0.05, 0.1) is 25.5 Å². The zero-order valence-electron chi connectivity index (χ0n) is 21.3. The van der Waals surface area contributed by atoms with Gasteiger partial charge in [0.1, 0.15) is 24.5 Å². The number of Topliss-reactive ketones (excluding diaryl/α,β-unsaturated/α-hetero) is 1. The Balaban J connectivity index is 1.55. The molecule has 2 aliphatic rings. The number of esters is 2. The van der Waals surface area contributed by atoms with Crippen LogP contribution >= 0.6 is 0 Å². The van der Waals surface area contributed by atoms with E-state index in [1.165, 1.54) is 0 Å². The number of fused-ring (bicyclic) bond motifs is 1. The Morgan fingerprint density at radius 1 is 0.897 bits per heavy atom. The quantitative estimate of drug-likeness (QED) is 0.253. The molecule has 39 heavy (non-hydrogen) atoms. The molecule has 1 saturated heterocycles. The zero-order chi connectivity index (χ0) is 28.3. The van der Waals surface area contributed by atoms with E-state index in [4.69, 9.17) is 10.5 Å². The number of imide groups is 1. The van der Waals surface area contributed by atoms with Crippen molar-refractivity contribution in [2.75, 3.05) is 26.0 Å². The molecule has 4 rings (SSSR count). The van der Waals surface area contributed by atoms with Crippen molar-refractivity contribution in [2.45, 2.75) is 38.8 Å². The van der Waals surface area contributed by atoms with Crippen LogP contribution in [0, 0.1) is 11.8 Å². The van der Waals surface area contributed by atoms with E-state index in [1.807, 2.05) is 0 Å². The van der Waals surface area contributed by atoms with Crippen LogP contribution in [0.3, 0.4) is 0 Å². The van der Waals surface area contributed by atoms with Crippen LogP contribution in [0.5, 0.6) is 0 Å². The van der Waals surface area contributed by atoms with Gasteiger partial charge in [-0.3, -0.25) is 38.2 Å². The second-order valence-electron chi connectivity index (χ2n) is 9.43. The first-order valence-corrected chi connectivity index (χ1v) is 12.4. The Hall–Kier alpha value is -4.55. The molecule has 2 fully saturated rings. The maximum atomic E-state index is 13.1. The number of benzene rings is 1. The predicted molar refractivity (Wildman–Crippen MR) is 134 cm³/mol. The van der Waals surface area contributed by atoms with E-state index >= 15 is 0 Å². The first-order chi connectivity index (χ1) is 18.6. The first-order valence-electron chi connectivity index (χ1n) is 12.4. The topological polar surface area (TPSA) is 177 Å². The summed E-state index contributed by atoms with van der Waals surface area (Å²) in [6.45, 7) is -2.49. The summed E-state index contributed by atoms with van der Waals surface area (Å²) in [7, 11) is 1.07. The number of carbonyl (C=O) groups is 5. The molecule has 1 aromatic heterocycles. The number of nitrogen functional groups attached to an aromatic ring is 1. The van der Waals surface area contributed by atoms with Crippen molar-refractivity contribution in [3.8, 4) is 0 Å². The normalized spacial score (nSPS) is 18.5. The van der Waals surface area contributed by atoms with Gasteiger partial charge in [-0.05, 0) is 18.4 Å². The molecule has 1 aromatic carbocycles. The lowest BCUT2D eigenvalue weighted by Crippen LogP contribution is -2.46. The molecule has 13 heteroatoms. The molecule has 0 radical (unpaired) electrons. The molecule has 1 saturated carbocycles. The maximum absolute atomic E-state index is 13.1. The fourth-order valence-corrected chi connectivity index (χ4v) is 5.01. The number of hydrogen-bond acceptors (Lipinski definition) is 10. The minimum atomic E-state index is -1.15. The van der Waals surface area contributed by atoms with Crippen LogP contribution in [0.25, 0.3) is 0 Å². The van der Waals surface area contributed by atoms with Gasteiger partial charge in [-0.2, -0.15) is 0 Å². The minimum Gasteiger partial charge on any atom is -0.468 e. The third-order valence-corrected chi connectivity index (χ3v) is 7.03. The van der Waals surface area contributed by atoms with Crippen LogP contribution in [0.1, 0.15) is 41.6 Å². The Bertz CT molecular complexity index is 1420. The van der Waals surface area contributed by atoms with Gasteiger partial charge in [0, 0.05) is 0 Å². The van der Waals surface area contributed by atoms with Crippen LogP contribution in [0.2, 0.25) is 0 Å². The van der Waals surface area contributed by atoms with Gasteiger partial charge >= 0.3 is 17.6 Å². The largest absolute Gasteiger partial charge is 0.468 e. The second kappa shape index (κ2) is 11.5. The number of likely N-dealkylation sites (tertiary alicyclic amines) is 1. The van der Waals surface area contributed by atoms with E-state index in [2.05, 4.69) is 4.74 Å². The average molecular weight is 541 g/mol. The number of carbonyl (C=O) groups excluding carboxylic acids is 5. The monoisotopic (exact) mass is 540 g/mol. The van der Waals surface area contributed by atoms with Gasteiger partial charge in [0.2, 0.25) is 17.6 Å². The van der Waals surface area contributed by atoms with Crippen LogP contribution in [-0.4, -0.2) is 63.8 Å². The number of rotatable bonds is 9. The Morgan fingerprint density at radius 2 is 1.51 bits per heavy atom. The summed E-state index contributed by atoms with van der Waals surface area (Å²) in [5.41, 5.74) is 3.97. The number of ether oxygens (including phenoxy) is 2. The number of anilines is 1. The van der Waals surface area contributed by atoms with Crippen LogP contribution in [0.4, 0.5) is 5.82 Å². The number of hydrogen-bond donors (Lipinski definition) is 1. The Labute approximate surface area is 222 Å². The molecule has 2 atom stereocenters. The number of ketones is 1. The van der Waals surface area contributed by atoms with Crippen molar-refractivity contribution in [2.24, 2.45) is 11.8 Å². The van der Waals surface area contributed by atoms with E-state index in [-0.39, 0.29) is 6.54 Å². The molecular formula is C26H28N4O9. The van der Waals surface area contributed by atoms with Gasteiger partial charge in [0.25, 0.3) is 5.56 Å². The molecule has 2 N–H and O–H groups in total. The highest BCUT2D eigenvalue weighted by Gasteiger charge is 2.48. The number of methoxy groups -OCH3 is 1. The van der Waals surface area contributed by atoms with E-state index in [0.29, 0.717) is 23.0 Å². The molecular weight excluding hydrogens is 512 g/mol. The molecule has 1 aliphatic heterocycles. The lowest BCUT2D eigenvalue weighted by molar-refractivity contribution is -0.152. The second-order valence-corrected chi connectivity index (χ2v) is 9.43. The lowest BCUT2D eigenvalue weighted by atomic mass is 9.81. The molecule has 1 aliphatic carbocycles. The highest BCUT2D eigenvalue weighted by atomic mass is 16.5. The summed E-state index contributed by atoms with van der Waals surface area (Å²) < 4.78 is 11.0. The van der Waals surface area contributed by atoms with Crippen molar-refractivity contribution in [3.05, 3.63) is 62.3 Å². The molecule has 0 bridgehead atoms. The van der Waals surface area contributed by atoms with Crippen molar-refractivity contribution in [1.29, 1.82) is 0 Å². The summed E-state index contributed by atoms with van der Waals surface area (Å²) in [6.07, 6.45) is 2.81. The van der Waals surface area contributed by atoms with Crippen LogP contribution in [0.15, 0.2) is 39.9 Å². The summed E-state index contributed by atoms with van der Waals surface area (Å²) in [5.74, 6) is -5.18. The Morgan fingerprint density at radius 3 is 2.10 bits per heavy atom. The Kier molecular flexibility index (Phi) is 8.07. The van der Waals surface area contributed by atoms with Gasteiger partial charge in [0.15, 0.2) is 6.61 Å². The van der Waals surface area contributed by atoms with E-state index in [9.17, 15) is 33.6 Å². The summed E-state index contributed by atoms with van der Waals surface area (Å²) in [5, 5.41) is 0. The molecule has 0 unspecified atom stereocenters. The summed E-state index contributed by atoms with van der Waals surface area (Å²) in [6, 6.07) is 8.59. The van der Waals surface area contributed by atoms with Crippen molar-refractivity contribution in [3.63, 3.8) is 0 Å². The lowest BCUT2D eigenvalue weighted by Gasteiger charge is -2.19. The molecule has 206 valence electrons. The van der Waals surface area contributed by atoms with Crippen molar-refractivity contribution < 1.29 is 33.4 Å². The summed E-state index contributed by atoms with van der Waals surface area (Å²) >= 11 is 0. The van der Waals surface area contributed by atoms with Crippen LogP contribution < -0.4 is 17.0 Å². The number of nitrogens with two attached hydrogens (primary N) is 1. The van der Waals surface area contributed by atoms with Crippen molar-refractivity contribution in [1.82, 2.24) is 14.0 Å². The SMILES string of the molecule is COC(=O)Cn1c(=O)c(C(=O)COC(=O)CN2C(=O)[C@H]3CCCC[C@@H]3C2=O)c(N)n(Cc2ccccc2)c1=O. The van der Waals surface area contributed by atoms with Gasteiger partial charge in [-0.25, -0.2) is 9.36 Å². The average Bonchev–Trinajstić information content (AvgIpc) is 3.17. The van der Waals surface area contributed by atoms with E-state index in [1.54, 1.807) is 30.3 Å². The third-order valence-electron chi connectivity index (χ3n) is 7.03. The number of amides is 2. The smallest absolute Gasteiger partial charge is 0.333 e. The molecule has 13 nitrogen and oxygen atoms in total. The van der Waals surface area contributed by atoms with Gasteiger partial charge < -0.3 is 15.2 Å². The molecule has 2 heterocycles. The number of aromatic nitrogens is 2.